The molecule has 3 aromatic rings. The summed E-state index contributed by atoms with van der Waals surface area (Å²) in [4.78, 5) is 43.3. The minimum absolute atomic E-state index is 0.00591. The SMILES string of the molecule is O=C(NC1C(=O)N(CCC2CCCC2)c2ccccc2N(c2ccccc2F)C1=O)Oc1ccccc1. The minimum Gasteiger partial charge on any atom is -0.410 e. The Morgan fingerprint density at radius 3 is 2.16 bits per heavy atom. The van der Waals surface area contributed by atoms with Gasteiger partial charge >= 0.3 is 6.09 Å². The number of halogens is 1. The molecule has 1 atom stereocenters. The second-order valence-electron chi connectivity index (χ2n) is 9.32. The van der Waals surface area contributed by atoms with E-state index in [2.05, 4.69) is 5.32 Å². The van der Waals surface area contributed by atoms with Crippen molar-refractivity contribution in [2.75, 3.05) is 16.3 Å². The van der Waals surface area contributed by atoms with Gasteiger partial charge in [-0.25, -0.2) is 9.18 Å². The number of carbonyl (C=O) groups is 3. The van der Waals surface area contributed by atoms with Gasteiger partial charge in [0.1, 0.15) is 11.6 Å². The van der Waals surface area contributed by atoms with Crippen molar-refractivity contribution in [3.05, 3.63) is 84.7 Å². The molecular weight excluding hydrogens is 473 g/mol. The zero-order valence-electron chi connectivity index (χ0n) is 20.3. The molecule has 1 saturated carbocycles. The topological polar surface area (TPSA) is 79.0 Å². The number of carbonyl (C=O) groups excluding carboxylic acids is 3. The fourth-order valence-corrected chi connectivity index (χ4v) is 5.10. The summed E-state index contributed by atoms with van der Waals surface area (Å²) in [5.41, 5.74) is 0.856. The molecule has 1 unspecified atom stereocenters. The van der Waals surface area contributed by atoms with Crippen LogP contribution in [-0.2, 0) is 9.59 Å². The lowest BCUT2D eigenvalue weighted by Crippen LogP contribution is -2.55. The predicted octanol–water partition coefficient (Wildman–Crippen LogP) is 5.57. The van der Waals surface area contributed by atoms with Crippen LogP contribution in [0.2, 0.25) is 0 Å². The van der Waals surface area contributed by atoms with Crippen LogP contribution in [0.3, 0.4) is 0 Å². The number of hydrogen-bond donors (Lipinski definition) is 1. The van der Waals surface area contributed by atoms with Crippen LogP contribution in [0.1, 0.15) is 32.1 Å². The van der Waals surface area contributed by atoms with Crippen LogP contribution >= 0.6 is 0 Å². The molecule has 2 aliphatic rings. The van der Waals surface area contributed by atoms with Crippen molar-refractivity contribution >= 4 is 35.0 Å². The van der Waals surface area contributed by atoms with E-state index in [0.717, 1.165) is 19.3 Å². The van der Waals surface area contributed by atoms with Crippen molar-refractivity contribution in [3.63, 3.8) is 0 Å². The monoisotopic (exact) mass is 501 g/mol. The molecule has 190 valence electrons. The molecule has 1 N–H and O–H groups in total. The van der Waals surface area contributed by atoms with Gasteiger partial charge < -0.3 is 15.0 Å². The Morgan fingerprint density at radius 1 is 0.838 bits per heavy atom. The van der Waals surface area contributed by atoms with E-state index in [1.54, 1.807) is 65.6 Å². The van der Waals surface area contributed by atoms with Gasteiger partial charge in [-0.15, -0.1) is 0 Å². The molecule has 8 heteroatoms. The normalized spacial score (nSPS) is 17.9. The third-order valence-corrected chi connectivity index (χ3v) is 6.94. The van der Waals surface area contributed by atoms with Gasteiger partial charge in [0.25, 0.3) is 11.8 Å². The summed E-state index contributed by atoms with van der Waals surface area (Å²) >= 11 is 0. The lowest BCUT2D eigenvalue weighted by molar-refractivity contribution is -0.128. The Morgan fingerprint density at radius 2 is 1.46 bits per heavy atom. The second-order valence-corrected chi connectivity index (χ2v) is 9.32. The van der Waals surface area contributed by atoms with Gasteiger partial charge in [0.2, 0.25) is 0 Å². The first-order chi connectivity index (χ1) is 18.0. The molecule has 1 heterocycles. The molecule has 37 heavy (non-hydrogen) atoms. The fraction of sp³-hybridized carbons (Fsp3) is 0.276. The molecule has 1 fully saturated rings. The van der Waals surface area contributed by atoms with Crippen molar-refractivity contribution in [3.8, 4) is 5.75 Å². The highest BCUT2D eigenvalue weighted by atomic mass is 19.1. The Labute approximate surface area is 214 Å². The number of hydrogen-bond acceptors (Lipinski definition) is 4. The van der Waals surface area contributed by atoms with E-state index in [1.165, 1.54) is 35.9 Å². The highest BCUT2D eigenvalue weighted by Crippen LogP contribution is 2.39. The first-order valence-corrected chi connectivity index (χ1v) is 12.6. The maximum absolute atomic E-state index is 15.0. The van der Waals surface area contributed by atoms with Gasteiger partial charge in [-0.1, -0.05) is 68.1 Å². The minimum atomic E-state index is -1.60. The van der Waals surface area contributed by atoms with Gasteiger partial charge in [0.15, 0.2) is 6.04 Å². The van der Waals surface area contributed by atoms with E-state index in [4.69, 9.17) is 4.74 Å². The van der Waals surface area contributed by atoms with E-state index >= 15 is 0 Å². The van der Waals surface area contributed by atoms with E-state index in [9.17, 15) is 18.8 Å². The third kappa shape index (κ3) is 5.18. The lowest BCUT2D eigenvalue weighted by Gasteiger charge is -2.26. The summed E-state index contributed by atoms with van der Waals surface area (Å²) < 4.78 is 20.3. The van der Waals surface area contributed by atoms with Gasteiger partial charge in [0.05, 0.1) is 17.1 Å². The Balaban J connectivity index is 1.53. The van der Waals surface area contributed by atoms with Crippen LogP contribution in [0.4, 0.5) is 26.2 Å². The predicted molar refractivity (Wildman–Crippen MR) is 138 cm³/mol. The molecule has 0 aromatic heterocycles. The highest BCUT2D eigenvalue weighted by Gasteiger charge is 2.43. The van der Waals surface area contributed by atoms with Crippen molar-refractivity contribution in [2.24, 2.45) is 5.92 Å². The maximum atomic E-state index is 15.0. The number of ether oxygens (including phenoxy) is 1. The van der Waals surface area contributed by atoms with Crippen molar-refractivity contribution in [1.82, 2.24) is 5.32 Å². The van der Waals surface area contributed by atoms with Crippen molar-refractivity contribution in [1.29, 1.82) is 0 Å². The zero-order valence-corrected chi connectivity index (χ0v) is 20.3. The number of fused-ring (bicyclic) bond motifs is 1. The Hall–Kier alpha value is -4.20. The zero-order chi connectivity index (χ0) is 25.8. The number of benzene rings is 3. The first kappa shape index (κ1) is 24.5. The molecule has 0 saturated heterocycles. The second kappa shape index (κ2) is 10.8. The smallest absolute Gasteiger partial charge is 0.410 e. The average Bonchev–Trinajstić information content (AvgIpc) is 3.41. The molecule has 0 bridgehead atoms. The molecule has 0 spiro atoms. The van der Waals surface area contributed by atoms with E-state index < -0.39 is 29.8 Å². The highest BCUT2D eigenvalue weighted by molar-refractivity contribution is 6.23. The molecule has 0 radical (unpaired) electrons. The lowest BCUT2D eigenvalue weighted by atomic mass is 10.0. The standard InChI is InChI=1S/C29H28FN3O4/c30-22-14-6-7-15-23(22)33-25-17-9-8-16-24(25)32(19-18-20-10-4-5-11-20)27(34)26(28(33)35)31-29(36)37-21-12-2-1-3-13-21/h1-3,6-9,12-17,20,26H,4-5,10-11,18-19H2,(H,31,36). The number of nitrogens with one attached hydrogen (secondary N) is 1. The Bertz CT molecular complexity index is 1290. The van der Waals surface area contributed by atoms with E-state index in [-0.39, 0.29) is 11.4 Å². The van der Waals surface area contributed by atoms with Crippen LogP contribution in [0.5, 0.6) is 5.75 Å². The van der Waals surface area contributed by atoms with Crippen molar-refractivity contribution in [2.45, 2.75) is 38.1 Å². The molecule has 5 rings (SSSR count). The van der Waals surface area contributed by atoms with Crippen LogP contribution in [0, 0.1) is 11.7 Å². The first-order valence-electron chi connectivity index (χ1n) is 12.6. The maximum Gasteiger partial charge on any atom is 0.413 e. The van der Waals surface area contributed by atoms with Crippen molar-refractivity contribution < 1.29 is 23.5 Å². The van der Waals surface area contributed by atoms with Crippen LogP contribution in [0.15, 0.2) is 78.9 Å². The van der Waals surface area contributed by atoms with E-state index in [0.29, 0.717) is 23.8 Å². The summed E-state index contributed by atoms with van der Waals surface area (Å²) in [5, 5.41) is 2.45. The number of anilines is 3. The summed E-state index contributed by atoms with van der Waals surface area (Å²) in [5.74, 6) is -1.21. The molecule has 3 amide bonds. The van der Waals surface area contributed by atoms with Gasteiger partial charge in [-0.05, 0) is 48.7 Å². The Kier molecular flexibility index (Phi) is 7.16. The van der Waals surface area contributed by atoms with Crippen LogP contribution in [-0.4, -0.2) is 30.5 Å². The van der Waals surface area contributed by atoms with Crippen LogP contribution in [0.25, 0.3) is 0 Å². The molecule has 1 aliphatic heterocycles. The van der Waals surface area contributed by atoms with E-state index in [1.807, 2.05) is 0 Å². The molecular formula is C29H28FN3O4. The van der Waals surface area contributed by atoms with Gasteiger partial charge in [0, 0.05) is 6.54 Å². The number of amides is 3. The average molecular weight is 502 g/mol. The number of rotatable bonds is 6. The summed E-state index contributed by atoms with van der Waals surface area (Å²) in [7, 11) is 0. The molecule has 1 aliphatic carbocycles. The fourth-order valence-electron chi connectivity index (χ4n) is 5.10. The number of para-hydroxylation sites is 4. The van der Waals surface area contributed by atoms with Gasteiger partial charge in [-0.3, -0.25) is 14.5 Å². The quantitative estimate of drug-likeness (QED) is 0.448. The molecule has 7 nitrogen and oxygen atoms in total. The largest absolute Gasteiger partial charge is 0.413 e. The molecule has 3 aromatic carbocycles. The number of nitrogens with zero attached hydrogens (tertiary/aromatic N) is 2. The summed E-state index contributed by atoms with van der Waals surface area (Å²) in [6, 6.07) is 19.5. The van der Waals surface area contributed by atoms with Gasteiger partial charge in [-0.2, -0.15) is 0 Å². The summed E-state index contributed by atoms with van der Waals surface area (Å²) in [6.45, 7) is 0.380. The third-order valence-electron chi connectivity index (χ3n) is 6.94. The summed E-state index contributed by atoms with van der Waals surface area (Å²) in [6.07, 6.45) is 4.38. The van der Waals surface area contributed by atoms with Crippen LogP contribution < -0.4 is 19.9 Å².